The van der Waals surface area contributed by atoms with Gasteiger partial charge in [-0.25, -0.2) is 0 Å². The lowest BCUT2D eigenvalue weighted by atomic mass is 10.0. The summed E-state index contributed by atoms with van der Waals surface area (Å²) in [6, 6.07) is 10.3. The molecular weight excluding hydrogens is 286 g/mol. The number of carbonyl (C=O) groups excluding carboxylic acids is 2. The van der Waals surface area contributed by atoms with Gasteiger partial charge in [0.05, 0.1) is 16.5 Å². The molecule has 0 spiro atoms. The average molecular weight is 303 g/mol. The van der Waals surface area contributed by atoms with Gasteiger partial charge in [0, 0.05) is 12.1 Å². The fraction of sp³-hybridized carbons (Fsp3) is 0.250. The van der Waals surface area contributed by atoms with E-state index in [0.29, 0.717) is 29.0 Å². The molecule has 1 amide bonds. The molecule has 110 valence electrons. The van der Waals surface area contributed by atoms with Crippen LogP contribution in [0.3, 0.4) is 0 Å². The number of thiophene rings is 1. The maximum Gasteiger partial charge on any atom is 0.252 e. The highest BCUT2D eigenvalue weighted by atomic mass is 32.1. The molecular formula is C16H17NO3S. The van der Waals surface area contributed by atoms with Gasteiger partial charge in [0.2, 0.25) is 5.78 Å². The first kappa shape index (κ1) is 15.4. The number of amides is 1. The second kappa shape index (κ2) is 7.15. The van der Waals surface area contributed by atoms with Crippen molar-refractivity contribution in [1.82, 2.24) is 5.32 Å². The molecule has 1 aromatic carbocycles. The van der Waals surface area contributed by atoms with Crippen LogP contribution in [0.25, 0.3) is 0 Å². The summed E-state index contributed by atoms with van der Waals surface area (Å²) >= 11 is 1.35. The first-order valence-corrected chi connectivity index (χ1v) is 7.61. The van der Waals surface area contributed by atoms with Crippen molar-refractivity contribution in [3.8, 4) is 0 Å². The van der Waals surface area contributed by atoms with E-state index >= 15 is 0 Å². The maximum atomic E-state index is 12.4. The summed E-state index contributed by atoms with van der Waals surface area (Å²) < 4.78 is 0. The third kappa shape index (κ3) is 4.00. The van der Waals surface area contributed by atoms with Crippen LogP contribution >= 0.6 is 11.3 Å². The van der Waals surface area contributed by atoms with Crippen LogP contribution in [0.1, 0.15) is 38.9 Å². The van der Waals surface area contributed by atoms with E-state index in [2.05, 4.69) is 5.32 Å². The molecule has 0 aliphatic heterocycles. The molecule has 4 nitrogen and oxygen atoms in total. The molecule has 0 bridgehead atoms. The predicted octanol–water partition coefficient (Wildman–Crippen LogP) is 2.48. The second-order valence-corrected chi connectivity index (χ2v) is 5.69. The van der Waals surface area contributed by atoms with Crippen molar-refractivity contribution in [3.63, 3.8) is 0 Å². The zero-order chi connectivity index (χ0) is 15.2. The molecule has 2 aromatic rings. The molecule has 2 N–H and O–H groups in total. The van der Waals surface area contributed by atoms with Gasteiger partial charge in [-0.15, -0.1) is 11.3 Å². The molecule has 0 saturated carbocycles. The highest BCUT2D eigenvalue weighted by Crippen LogP contribution is 2.18. The molecule has 1 heterocycles. The van der Waals surface area contributed by atoms with E-state index in [1.807, 2.05) is 11.4 Å². The van der Waals surface area contributed by atoms with Gasteiger partial charge >= 0.3 is 0 Å². The van der Waals surface area contributed by atoms with Crippen LogP contribution in [0.2, 0.25) is 0 Å². The van der Waals surface area contributed by atoms with Crippen molar-refractivity contribution in [3.05, 3.63) is 57.8 Å². The molecule has 2 rings (SSSR count). The van der Waals surface area contributed by atoms with Crippen molar-refractivity contribution in [2.24, 2.45) is 0 Å². The fourth-order valence-corrected chi connectivity index (χ4v) is 2.59. The summed E-state index contributed by atoms with van der Waals surface area (Å²) in [6.07, 6.45) is 0.0144. The molecule has 1 aromatic heterocycles. The molecule has 0 aliphatic carbocycles. The minimum atomic E-state index is -0.465. The lowest BCUT2D eigenvalue weighted by Gasteiger charge is -2.09. The number of ketones is 1. The van der Waals surface area contributed by atoms with Crippen LogP contribution in [0.15, 0.2) is 41.8 Å². The Hall–Kier alpha value is -1.98. The largest absolute Gasteiger partial charge is 0.393 e. The Balaban J connectivity index is 2.17. The predicted molar refractivity (Wildman–Crippen MR) is 82.8 cm³/mol. The number of carbonyl (C=O) groups is 2. The van der Waals surface area contributed by atoms with E-state index in [1.54, 1.807) is 37.3 Å². The molecule has 1 atom stereocenters. The quantitative estimate of drug-likeness (QED) is 0.806. The second-order valence-electron chi connectivity index (χ2n) is 4.75. The zero-order valence-corrected chi connectivity index (χ0v) is 12.5. The zero-order valence-electron chi connectivity index (χ0n) is 11.7. The first-order valence-electron chi connectivity index (χ1n) is 6.73. The average Bonchev–Trinajstić information content (AvgIpc) is 3.00. The van der Waals surface area contributed by atoms with Crippen molar-refractivity contribution in [2.45, 2.75) is 19.4 Å². The minimum absolute atomic E-state index is 0.147. The first-order chi connectivity index (χ1) is 10.1. The Kier molecular flexibility index (Phi) is 5.25. The Bertz CT molecular complexity index is 620. The summed E-state index contributed by atoms with van der Waals surface area (Å²) in [6.45, 7) is 2.04. The number of nitrogens with one attached hydrogen (secondary N) is 1. The number of hydrogen-bond acceptors (Lipinski definition) is 4. The van der Waals surface area contributed by atoms with E-state index in [1.165, 1.54) is 11.3 Å². The molecule has 5 heteroatoms. The van der Waals surface area contributed by atoms with Crippen LogP contribution < -0.4 is 5.32 Å². The molecule has 21 heavy (non-hydrogen) atoms. The Morgan fingerprint density at radius 3 is 2.52 bits per heavy atom. The summed E-state index contributed by atoms with van der Waals surface area (Å²) in [5.74, 6) is -0.442. The van der Waals surface area contributed by atoms with Crippen LogP contribution in [0.5, 0.6) is 0 Å². The number of hydrogen-bond donors (Lipinski definition) is 2. The summed E-state index contributed by atoms with van der Waals surface area (Å²) in [5, 5.41) is 13.8. The van der Waals surface area contributed by atoms with E-state index < -0.39 is 6.10 Å². The lowest BCUT2D eigenvalue weighted by Crippen LogP contribution is -2.28. The van der Waals surface area contributed by atoms with Gasteiger partial charge in [0.1, 0.15) is 0 Å². The molecule has 0 saturated heterocycles. The third-order valence-electron chi connectivity index (χ3n) is 3.01. The number of aliphatic hydroxyl groups is 1. The van der Waals surface area contributed by atoms with Gasteiger partial charge < -0.3 is 10.4 Å². The van der Waals surface area contributed by atoms with Crippen molar-refractivity contribution < 1.29 is 14.7 Å². The minimum Gasteiger partial charge on any atom is -0.393 e. The third-order valence-corrected chi connectivity index (χ3v) is 3.88. The highest BCUT2D eigenvalue weighted by Gasteiger charge is 2.18. The van der Waals surface area contributed by atoms with Crippen LogP contribution in [-0.4, -0.2) is 29.4 Å². The van der Waals surface area contributed by atoms with Gasteiger partial charge in [-0.2, -0.15) is 0 Å². The summed E-state index contributed by atoms with van der Waals surface area (Å²) in [5.41, 5.74) is 0.760. The van der Waals surface area contributed by atoms with Crippen LogP contribution in [0.4, 0.5) is 0 Å². The number of aliphatic hydroxyl groups excluding tert-OH is 1. The smallest absolute Gasteiger partial charge is 0.252 e. The van der Waals surface area contributed by atoms with E-state index in [9.17, 15) is 14.7 Å². The van der Waals surface area contributed by atoms with Crippen LogP contribution in [0, 0.1) is 0 Å². The summed E-state index contributed by atoms with van der Waals surface area (Å²) in [4.78, 5) is 25.2. The molecule has 0 fully saturated rings. The van der Waals surface area contributed by atoms with Crippen LogP contribution in [-0.2, 0) is 0 Å². The Morgan fingerprint density at radius 2 is 1.90 bits per heavy atom. The normalized spacial score (nSPS) is 11.9. The van der Waals surface area contributed by atoms with Crippen molar-refractivity contribution in [1.29, 1.82) is 0 Å². The van der Waals surface area contributed by atoms with Gasteiger partial charge in [-0.3, -0.25) is 9.59 Å². The topological polar surface area (TPSA) is 66.4 Å². The summed E-state index contributed by atoms with van der Waals surface area (Å²) in [7, 11) is 0. The van der Waals surface area contributed by atoms with Gasteiger partial charge in [-0.1, -0.05) is 24.3 Å². The Labute approximate surface area is 127 Å². The van der Waals surface area contributed by atoms with Crippen molar-refractivity contribution in [2.75, 3.05) is 6.54 Å². The fourth-order valence-electron chi connectivity index (χ4n) is 1.91. The lowest BCUT2D eigenvalue weighted by molar-refractivity contribution is 0.0935. The van der Waals surface area contributed by atoms with E-state index in [-0.39, 0.29) is 11.7 Å². The number of benzene rings is 1. The maximum absolute atomic E-state index is 12.4. The van der Waals surface area contributed by atoms with Gasteiger partial charge in [-0.05, 0) is 30.9 Å². The SMILES string of the molecule is CC(O)CCNC(=O)c1ccccc1C(=O)c1cccs1. The molecule has 0 radical (unpaired) electrons. The van der Waals surface area contributed by atoms with Gasteiger partial charge in [0.25, 0.3) is 5.91 Å². The highest BCUT2D eigenvalue weighted by molar-refractivity contribution is 7.12. The number of rotatable bonds is 6. The van der Waals surface area contributed by atoms with E-state index in [0.717, 1.165) is 0 Å². The Morgan fingerprint density at radius 1 is 1.19 bits per heavy atom. The van der Waals surface area contributed by atoms with Gasteiger partial charge in [0.15, 0.2) is 0 Å². The standard InChI is InChI=1S/C16H17NO3S/c1-11(18)8-9-17-16(20)13-6-3-2-5-12(13)15(19)14-7-4-10-21-14/h2-7,10-11,18H,8-9H2,1H3,(H,17,20). The van der Waals surface area contributed by atoms with Crippen molar-refractivity contribution >= 4 is 23.0 Å². The molecule has 0 aliphatic rings. The molecule has 1 unspecified atom stereocenters. The van der Waals surface area contributed by atoms with E-state index in [4.69, 9.17) is 0 Å². The monoisotopic (exact) mass is 303 g/mol.